The van der Waals surface area contributed by atoms with E-state index in [2.05, 4.69) is 4.74 Å². The van der Waals surface area contributed by atoms with Gasteiger partial charge in [-0.05, 0) is 5.56 Å². The average Bonchev–Trinajstić information content (AvgIpc) is 2.28. The molecule has 1 atom stereocenters. The van der Waals surface area contributed by atoms with Crippen molar-refractivity contribution < 1.29 is 9.53 Å². The summed E-state index contributed by atoms with van der Waals surface area (Å²) in [5, 5.41) is 0. The minimum absolute atomic E-state index is 0.0226. The van der Waals surface area contributed by atoms with E-state index >= 15 is 0 Å². The fraction of sp³-hybridized carbons (Fsp3) is 0.300. The van der Waals surface area contributed by atoms with Crippen LogP contribution in [-0.2, 0) is 14.4 Å². The van der Waals surface area contributed by atoms with Crippen molar-refractivity contribution in [1.29, 1.82) is 0 Å². The van der Waals surface area contributed by atoms with Crippen molar-refractivity contribution in [2.45, 2.75) is 4.87 Å². The highest BCUT2D eigenvalue weighted by atomic mass is 35.5. The summed E-state index contributed by atoms with van der Waals surface area (Å²) in [4.78, 5) is 10.1. The van der Waals surface area contributed by atoms with E-state index in [1.807, 2.05) is 6.07 Å². The van der Waals surface area contributed by atoms with E-state index in [4.69, 9.17) is 23.2 Å². The molecule has 0 aliphatic carbocycles. The lowest BCUT2D eigenvalue weighted by atomic mass is 10.0. The number of benzene rings is 1. The molecule has 0 aromatic heterocycles. The molecule has 0 fully saturated rings. The van der Waals surface area contributed by atoms with E-state index in [9.17, 15) is 4.79 Å². The standard InChI is InChI=1S/C10H10Cl2O2/c1-14-9(13)10(12,7-11)8-5-3-2-4-6-8/h2-6H,7H2,1H3. The molecule has 1 aromatic carbocycles. The summed E-state index contributed by atoms with van der Waals surface area (Å²) in [5.41, 5.74) is 0.642. The molecule has 0 saturated heterocycles. The fourth-order valence-electron chi connectivity index (χ4n) is 1.11. The monoisotopic (exact) mass is 232 g/mol. The van der Waals surface area contributed by atoms with Crippen LogP contribution >= 0.6 is 23.2 Å². The van der Waals surface area contributed by atoms with E-state index in [0.29, 0.717) is 5.56 Å². The molecular weight excluding hydrogens is 223 g/mol. The van der Waals surface area contributed by atoms with E-state index in [1.165, 1.54) is 7.11 Å². The highest BCUT2D eigenvalue weighted by Gasteiger charge is 2.38. The maximum absolute atomic E-state index is 11.4. The fourth-order valence-corrected chi connectivity index (χ4v) is 1.58. The summed E-state index contributed by atoms with van der Waals surface area (Å²) in [6.07, 6.45) is 0. The lowest BCUT2D eigenvalue weighted by Gasteiger charge is -2.21. The Balaban J connectivity index is 3.08. The van der Waals surface area contributed by atoms with Crippen molar-refractivity contribution in [1.82, 2.24) is 0 Å². The first-order valence-corrected chi connectivity index (χ1v) is 4.95. The van der Waals surface area contributed by atoms with Gasteiger partial charge in [-0.15, -0.1) is 23.2 Å². The first-order chi connectivity index (χ1) is 6.65. The van der Waals surface area contributed by atoms with Crippen LogP contribution in [0.5, 0.6) is 0 Å². The molecule has 0 N–H and O–H groups in total. The van der Waals surface area contributed by atoms with Gasteiger partial charge in [-0.2, -0.15) is 0 Å². The zero-order valence-electron chi connectivity index (χ0n) is 7.67. The van der Waals surface area contributed by atoms with Gasteiger partial charge in [-0.3, -0.25) is 0 Å². The van der Waals surface area contributed by atoms with E-state index in [1.54, 1.807) is 24.3 Å². The van der Waals surface area contributed by atoms with Gasteiger partial charge in [0.1, 0.15) is 0 Å². The van der Waals surface area contributed by atoms with Crippen molar-refractivity contribution in [3.05, 3.63) is 35.9 Å². The van der Waals surface area contributed by atoms with Gasteiger partial charge >= 0.3 is 5.97 Å². The van der Waals surface area contributed by atoms with Crippen LogP contribution < -0.4 is 0 Å². The predicted molar refractivity (Wildman–Crippen MR) is 56.7 cm³/mol. The van der Waals surface area contributed by atoms with Crippen molar-refractivity contribution in [3.63, 3.8) is 0 Å². The third kappa shape index (κ3) is 2.02. The second-order valence-electron chi connectivity index (χ2n) is 2.79. The minimum Gasteiger partial charge on any atom is -0.467 e. The molecule has 0 amide bonds. The number of hydrogen-bond donors (Lipinski definition) is 0. The van der Waals surface area contributed by atoms with Gasteiger partial charge in [-0.25, -0.2) is 4.79 Å². The number of esters is 1. The molecule has 0 aliphatic heterocycles. The number of rotatable bonds is 3. The van der Waals surface area contributed by atoms with Crippen LogP contribution in [0.25, 0.3) is 0 Å². The highest BCUT2D eigenvalue weighted by Crippen LogP contribution is 2.31. The Hall–Kier alpha value is -0.730. The van der Waals surface area contributed by atoms with E-state index in [-0.39, 0.29) is 5.88 Å². The first-order valence-electron chi connectivity index (χ1n) is 4.04. The third-order valence-electron chi connectivity index (χ3n) is 1.92. The Morgan fingerprint density at radius 1 is 1.43 bits per heavy atom. The maximum atomic E-state index is 11.4. The van der Waals surface area contributed by atoms with Gasteiger partial charge in [0.2, 0.25) is 0 Å². The summed E-state index contributed by atoms with van der Waals surface area (Å²) < 4.78 is 4.61. The van der Waals surface area contributed by atoms with Crippen LogP contribution in [0.2, 0.25) is 0 Å². The Morgan fingerprint density at radius 3 is 2.43 bits per heavy atom. The molecule has 0 aliphatic rings. The SMILES string of the molecule is COC(=O)C(Cl)(CCl)c1ccccc1. The molecule has 0 bridgehead atoms. The van der Waals surface area contributed by atoms with Gasteiger partial charge in [0.25, 0.3) is 0 Å². The molecule has 14 heavy (non-hydrogen) atoms. The molecule has 76 valence electrons. The summed E-state index contributed by atoms with van der Waals surface area (Å²) in [7, 11) is 1.29. The highest BCUT2D eigenvalue weighted by molar-refractivity contribution is 6.38. The van der Waals surface area contributed by atoms with Gasteiger partial charge in [-0.1, -0.05) is 30.3 Å². The second-order valence-corrected chi connectivity index (χ2v) is 3.70. The summed E-state index contributed by atoms with van der Waals surface area (Å²) in [5.74, 6) is -0.564. The smallest absolute Gasteiger partial charge is 0.332 e. The normalized spacial score (nSPS) is 14.5. The lowest BCUT2D eigenvalue weighted by Crippen LogP contribution is -2.32. The molecule has 0 saturated carbocycles. The summed E-state index contributed by atoms with van der Waals surface area (Å²) >= 11 is 11.8. The Labute approximate surface area is 92.8 Å². The number of carbonyl (C=O) groups is 1. The van der Waals surface area contributed by atoms with Crippen LogP contribution in [0.3, 0.4) is 0 Å². The molecule has 1 aromatic rings. The van der Waals surface area contributed by atoms with Gasteiger partial charge in [0.15, 0.2) is 4.87 Å². The number of methoxy groups -OCH3 is 1. The maximum Gasteiger partial charge on any atom is 0.332 e. The average molecular weight is 233 g/mol. The molecule has 0 heterocycles. The molecule has 1 unspecified atom stereocenters. The second kappa shape index (κ2) is 4.67. The van der Waals surface area contributed by atoms with E-state index in [0.717, 1.165) is 0 Å². The predicted octanol–water partition coefficient (Wildman–Crippen LogP) is 2.53. The van der Waals surface area contributed by atoms with Crippen molar-refractivity contribution in [2.75, 3.05) is 13.0 Å². The topological polar surface area (TPSA) is 26.3 Å². The Bertz CT molecular complexity index is 313. The lowest BCUT2D eigenvalue weighted by molar-refractivity contribution is -0.143. The van der Waals surface area contributed by atoms with Gasteiger partial charge in [0, 0.05) is 0 Å². The molecule has 2 nitrogen and oxygen atoms in total. The molecule has 0 radical (unpaired) electrons. The van der Waals surface area contributed by atoms with Crippen LogP contribution in [0.4, 0.5) is 0 Å². The van der Waals surface area contributed by atoms with Crippen LogP contribution in [-0.4, -0.2) is 19.0 Å². The van der Waals surface area contributed by atoms with E-state index < -0.39 is 10.8 Å². The van der Waals surface area contributed by atoms with Crippen LogP contribution in [0, 0.1) is 0 Å². The first kappa shape index (κ1) is 11.3. The number of hydrogen-bond acceptors (Lipinski definition) is 2. The quantitative estimate of drug-likeness (QED) is 0.592. The van der Waals surface area contributed by atoms with Crippen molar-refractivity contribution in [3.8, 4) is 0 Å². The number of alkyl halides is 2. The minimum atomic E-state index is -1.28. The van der Waals surface area contributed by atoms with Gasteiger partial charge in [0.05, 0.1) is 13.0 Å². The molecule has 0 spiro atoms. The number of halogens is 2. The number of ether oxygens (including phenoxy) is 1. The molecule has 4 heteroatoms. The zero-order chi connectivity index (χ0) is 10.6. The summed E-state index contributed by atoms with van der Waals surface area (Å²) in [6.45, 7) is 0. The Kier molecular flexibility index (Phi) is 3.78. The van der Waals surface area contributed by atoms with Crippen LogP contribution in [0.1, 0.15) is 5.56 Å². The van der Waals surface area contributed by atoms with Crippen molar-refractivity contribution in [2.24, 2.45) is 0 Å². The largest absolute Gasteiger partial charge is 0.467 e. The van der Waals surface area contributed by atoms with Gasteiger partial charge < -0.3 is 4.74 Å². The van der Waals surface area contributed by atoms with Crippen molar-refractivity contribution >= 4 is 29.2 Å². The third-order valence-corrected chi connectivity index (χ3v) is 2.97. The summed E-state index contributed by atoms with van der Waals surface area (Å²) in [6, 6.07) is 8.91. The van der Waals surface area contributed by atoms with Crippen LogP contribution in [0.15, 0.2) is 30.3 Å². The number of carbonyl (C=O) groups excluding carboxylic acids is 1. The zero-order valence-corrected chi connectivity index (χ0v) is 9.18. The molecular formula is C10H10Cl2O2. The Morgan fingerprint density at radius 2 is 2.00 bits per heavy atom. The molecule has 1 rings (SSSR count).